The minimum absolute atomic E-state index is 0.429. The van der Waals surface area contributed by atoms with E-state index in [2.05, 4.69) is 28.9 Å². The van der Waals surface area contributed by atoms with Crippen molar-refractivity contribution in [2.75, 3.05) is 19.6 Å². The summed E-state index contributed by atoms with van der Waals surface area (Å²) < 4.78 is 2.01. The van der Waals surface area contributed by atoms with Gasteiger partial charge in [-0.1, -0.05) is 13.8 Å². The molecule has 0 saturated heterocycles. The number of hydrogen-bond acceptors (Lipinski definition) is 3. The molecule has 1 aromatic heterocycles. The molecule has 80 valence electrons. The molecule has 0 N–H and O–H groups in total. The van der Waals surface area contributed by atoms with Crippen molar-refractivity contribution in [3.05, 3.63) is 12.2 Å². The molecule has 0 bridgehead atoms. The van der Waals surface area contributed by atoms with Crippen LogP contribution in [0.2, 0.25) is 0 Å². The van der Waals surface area contributed by atoms with Gasteiger partial charge in [0.15, 0.2) is 0 Å². The van der Waals surface area contributed by atoms with Crippen LogP contribution in [0.4, 0.5) is 0 Å². The summed E-state index contributed by atoms with van der Waals surface area (Å²) in [5.74, 6) is 1.27. The van der Waals surface area contributed by atoms with E-state index in [1.54, 1.807) is 6.33 Å². The zero-order chi connectivity index (χ0) is 10.4. The van der Waals surface area contributed by atoms with Gasteiger partial charge in [-0.25, -0.2) is 0 Å². The Morgan fingerprint density at radius 3 is 2.71 bits per heavy atom. The number of aromatic nitrogens is 3. The molecule has 0 saturated carbocycles. The van der Waals surface area contributed by atoms with E-state index in [1.165, 1.54) is 0 Å². The van der Waals surface area contributed by atoms with Gasteiger partial charge in [-0.05, 0) is 13.1 Å². The van der Waals surface area contributed by atoms with Crippen LogP contribution in [-0.2, 0) is 12.4 Å². The molecule has 0 fully saturated rings. The molecule has 0 atom stereocenters. The lowest BCUT2D eigenvalue weighted by Gasteiger charge is -2.18. The molecule has 0 spiro atoms. The summed E-state index contributed by atoms with van der Waals surface area (Å²) in [7, 11) is 0. The molecule has 0 amide bonds. The molecule has 5 heteroatoms. The van der Waals surface area contributed by atoms with Crippen molar-refractivity contribution in [3.8, 4) is 0 Å². The number of alkyl halides is 1. The van der Waals surface area contributed by atoms with E-state index < -0.39 is 0 Å². The molecule has 0 aromatic carbocycles. The van der Waals surface area contributed by atoms with Crippen LogP contribution in [-0.4, -0.2) is 39.3 Å². The molecule has 0 unspecified atom stereocenters. The SMILES string of the molecule is CCN(CC)CCn1cnnc1CCl. The van der Waals surface area contributed by atoms with Crippen LogP contribution in [0.3, 0.4) is 0 Å². The Bertz CT molecular complexity index is 257. The van der Waals surface area contributed by atoms with Crippen molar-refractivity contribution < 1.29 is 0 Å². The molecule has 1 rings (SSSR count). The van der Waals surface area contributed by atoms with Crippen molar-refractivity contribution >= 4 is 11.6 Å². The number of hydrogen-bond donors (Lipinski definition) is 0. The van der Waals surface area contributed by atoms with Crippen molar-refractivity contribution in [2.24, 2.45) is 0 Å². The largest absolute Gasteiger partial charge is 0.315 e. The Morgan fingerprint density at radius 2 is 2.14 bits per heavy atom. The molecular formula is C9H17ClN4. The van der Waals surface area contributed by atoms with Crippen molar-refractivity contribution in [3.63, 3.8) is 0 Å². The molecule has 0 aliphatic heterocycles. The van der Waals surface area contributed by atoms with E-state index in [0.29, 0.717) is 5.88 Å². The van der Waals surface area contributed by atoms with Gasteiger partial charge in [0.25, 0.3) is 0 Å². The third-order valence-electron chi connectivity index (χ3n) is 2.37. The highest BCUT2D eigenvalue weighted by Crippen LogP contribution is 2.00. The summed E-state index contributed by atoms with van der Waals surface area (Å²) in [5, 5.41) is 7.76. The first-order chi connectivity index (χ1) is 6.81. The topological polar surface area (TPSA) is 34.0 Å². The van der Waals surface area contributed by atoms with Crippen LogP contribution in [0.15, 0.2) is 6.33 Å². The maximum absolute atomic E-state index is 5.72. The second kappa shape index (κ2) is 5.98. The maximum atomic E-state index is 5.72. The lowest BCUT2D eigenvalue weighted by molar-refractivity contribution is 0.289. The molecule has 4 nitrogen and oxygen atoms in total. The van der Waals surface area contributed by atoms with E-state index in [-0.39, 0.29) is 0 Å². The first-order valence-corrected chi connectivity index (χ1v) is 5.50. The van der Waals surface area contributed by atoms with Crippen LogP contribution >= 0.6 is 11.6 Å². The van der Waals surface area contributed by atoms with Gasteiger partial charge in [-0.15, -0.1) is 21.8 Å². The second-order valence-electron chi connectivity index (χ2n) is 3.10. The molecule has 0 aliphatic rings. The zero-order valence-corrected chi connectivity index (χ0v) is 9.54. The van der Waals surface area contributed by atoms with Crippen LogP contribution in [0.25, 0.3) is 0 Å². The second-order valence-corrected chi connectivity index (χ2v) is 3.37. The quantitative estimate of drug-likeness (QED) is 0.674. The Kier molecular flexibility index (Phi) is 4.90. The molecular weight excluding hydrogens is 200 g/mol. The minimum atomic E-state index is 0.429. The lowest BCUT2D eigenvalue weighted by atomic mass is 10.4. The van der Waals surface area contributed by atoms with Gasteiger partial charge in [-0.2, -0.15) is 0 Å². The molecule has 0 radical (unpaired) electrons. The zero-order valence-electron chi connectivity index (χ0n) is 8.78. The van der Waals surface area contributed by atoms with Crippen LogP contribution in [0.5, 0.6) is 0 Å². The number of nitrogens with zero attached hydrogens (tertiary/aromatic N) is 4. The fraction of sp³-hybridized carbons (Fsp3) is 0.778. The van der Waals surface area contributed by atoms with E-state index >= 15 is 0 Å². The fourth-order valence-corrected chi connectivity index (χ4v) is 1.57. The molecule has 1 heterocycles. The van der Waals surface area contributed by atoms with Gasteiger partial charge in [0, 0.05) is 13.1 Å². The molecule has 14 heavy (non-hydrogen) atoms. The van der Waals surface area contributed by atoms with Crippen molar-refractivity contribution in [1.29, 1.82) is 0 Å². The first kappa shape index (κ1) is 11.5. The Hall–Kier alpha value is -0.610. The van der Waals surface area contributed by atoms with E-state index in [9.17, 15) is 0 Å². The van der Waals surface area contributed by atoms with Gasteiger partial charge < -0.3 is 9.47 Å². The average Bonchev–Trinajstić information content (AvgIpc) is 2.67. The van der Waals surface area contributed by atoms with Crippen molar-refractivity contribution in [1.82, 2.24) is 19.7 Å². The number of rotatable bonds is 6. The third-order valence-corrected chi connectivity index (χ3v) is 2.61. The van der Waals surface area contributed by atoms with Crippen LogP contribution < -0.4 is 0 Å². The van der Waals surface area contributed by atoms with E-state index in [0.717, 1.165) is 32.0 Å². The fourth-order valence-electron chi connectivity index (χ4n) is 1.36. The highest BCUT2D eigenvalue weighted by molar-refractivity contribution is 6.16. The minimum Gasteiger partial charge on any atom is -0.315 e. The molecule has 0 aliphatic carbocycles. The third kappa shape index (κ3) is 2.96. The number of halogens is 1. The standard InChI is InChI=1S/C9H17ClN4/c1-3-13(4-2)5-6-14-8-11-12-9(14)7-10/h8H,3-7H2,1-2H3. The van der Waals surface area contributed by atoms with Crippen molar-refractivity contribution in [2.45, 2.75) is 26.3 Å². The predicted molar refractivity (Wildman–Crippen MR) is 57.4 cm³/mol. The van der Waals surface area contributed by atoms with Gasteiger partial charge in [0.2, 0.25) is 0 Å². The smallest absolute Gasteiger partial charge is 0.147 e. The summed E-state index contributed by atoms with van der Waals surface area (Å²) in [5.41, 5.74) is 0. The Labute approximate surface area is 89.9 Å². The summed E-state index contributed by atoms with van der Waals surface area (Å²) in [6, 6.07) is 0. The highest BCUT2D eigenvalue weighted by atomic mass is 35.5. The maximum Gasteiger partial charge on any atom is 0.147 e. The van der Waals surface area contributed by atoms with Gasteiger partial charge >= 0.3 is 0 Å². The first-order valence-electron chi connectivity index (χ1n) is 4.96. The molecule has 1 aromatic rings. The Balaban J connectivity index is 2.44. The Morgan fingerprint density at radius 1 is 1.43 bits per heavy atom. The van der Waals surface area contributed by atoms with Gasteiger partial charge in [-0.3, -0.25) is 0 Å². The normalized spacial score (nSPS) is 11.1. The van der Waals surface area contributed by atoms with Crippen LogP contribution in [0.1, 0.15) is 19.7 Å². The summed E-state index contributed by atoms with van der Waals surface area (Å²) in [6.45, 7) is 8.42. The number of likely N-dealkylation sites (N-methyl/N-ethyl adjacent to an activating group) is 1. The lowest BCUT2D eigenvalue weighted by Crippen LogP contribution is -2.27. The summed E-state index contributed by atoms with van der Waals surface area (Å²) in [4.78, 5) is 2.36. The average molecular weight is 217 g/mol. The summed E-state index contributed by atoms with van der Waals surface area (Å²) >= 11 is 5.72. The van der Waals surface area contributed by atoms with Gasteiger partial charge in [0.05, 0.1) is 5.88 Å². The van der Waals surface area contributed by atoms with E-state index in [4.69, 9.17) is 11.6 Å². The predicted octanol–water partition coefficient (Wildman–Crippen LogP) is 1.36. The van der Waals surface area contributed by atoms with Gasteiger partial charge in [0.1, 0.15) is 12.2 Å². The van der Waals surface area contributed by atoms with Crippen LogP contribution in [0, 0.1) is 0 Å². The summed E-state index contributed by atoms with van der Waals surface area (Å²) in [6.07, 6.45) is 1.74. The highest BCUT2D eigenvalue weighted by Gasteiger charge is 2.04. The monoisotopic (exact) mass is 216 g/mol. The van der Waals surface area contributed by atoms with E-state index in [1.807, 2.05) is 4.57 Å².